The van der Waals surface area contributed by atoms with Gasteiger partial charge in [0.05, 0.1) is 11.6 Å². The molecule has 1 atom stereocenters. The van der Waals surface area contributed by atoms with E-state index in [1.165, 1.54) is 6.20 Å². The lowest BCUT2D eigenvalue weighted by molar-refractivity contribution is -0.117. The van der Waals surface area contributed by atoms with Gasteiger partial charge in [-0.3, -0.25) is 14.6 Å². The molecule has 0 saturated carbocycles. The quantitative estimate of drug-likeness (QED) is 0.920. The van der Waals surface area contributed by atoms with Gasteiger partial charge >= 0.3 is 0 Å². The van der Waals surface area contributed by atoms with Crippen LogP contribution in [-0.4, -0.2) is 36.2 Å². The number of benzene rings is 1. The number of amides is 2. The van der Waals surface area contributed by atoms with Crippen molar-refractivity contribution in [2.45, 2.75) is 19.4 Å². The predicted molar refractivity (Wildman–Crippen MR) is 89.8 cm³/mol. The summed E-state index contributed by atoms with van der Waals surface area (Å²) in [4.78, 5) is 30.4. The fourth-order valence-electron chi connectivity index (χ4n) is 2.98. The van der Waals surface area contributed by atoms with E-state index in [4.69, 9.17) is 9.47 Å². The number of aromatic nitrogens is 1. The van der Waals surface area contributed by atoms with Crippen molar-refractivity contribution in [3.05, 3.63) is 47.8 Å². The lowest BCUT2D eigenvalue weighted by atomic mass is 10.2. The molecule has 2 aliphatic heterocycles. The summed E-state index contributed by atoms with van der Waals surface area (Å²) in [5, 5.41) is 2.90. The summed E-state index contributed by atoms with van der Waals surface area (Å²) in [5.41, 5.74) is 2.07. The molecule has 0 radical (unpaired) electrons. The summed E-state index contributed by atoms with van der Waals surface area (Å²) in [5.74, 6) is 1.04. The molecule has 7 nitrogen and oxygen atoms in total. The Labute approximate surface area is 144 Å². The Morgan fingerprint density at radius 1 is 1.24 bits per heavy atom. The Morgan fingerprint density at radius 2 is 2.08 bits per heavy atom. The average Bonchev–Trinajstić information content (AvgIpc) is 3.21. The smallest absolute Gasteiger partial charge is 0.253 e. The number of carbonyl (C=O) groups excluding carboxylic acids is 2. The number of fused-ring (bicyclic) bond motifs is 1. The lowest BCUT2D eigenvalue weighted by Crippen LogP contribution is -2.37. The molecule has 25 heavy (non-hydrogen) atoms. The minimum Gasteiger partial charge on any atom is -0.454 e. The van der Waals surface area contributed by atoms with E-state index in [2.05, 4.69) is 10.3 Å². The number of nitrogens with one attached hydrogen (secondary N) is 1. The van der Waals surface area contributed by atoms with Crippen molar-refractivity contribution in [2.75, 3.05) is 18.2 Å². The zero-order chi connectivity index (χ0) is 17.4. The van der Waals surface area contributed by atoms with Crippen LogP contribution >= 0.6 is 0 Å². The molecule has 1 fully saturated rings. The summed E-state index contributed by atoms with van der Waals surface area (Å²) in [6, 6.07) is 8.66. The summed E-state index contributed by atoms with van der Waals surface area (Å²) in [7, 11) is 0. The SMILES string of the molecule is Cc1ccc(C(=O)N[C@@H]2CC(=O)N(c3ccc4c(c3)OCO4)C2)cn1. The highest BCUT2D eigenvalue weighted by molar-refractivity contribution is 5.99. The van der Waals surface area contributed by atoms with Crippen molar-refractivity contribution < 1.29 is 19.1 Å². The predicted octanol–water partition coefficient (Wildman–Crippen LogP) is 1.65. The largest absolute Gasteiger partial charge is 0.454 e. The highest BCUT2D eigenvalue weighted by atomic mass is 16.7. The van der Waals surface area contributed by atoms with E-state index in [9.17, 15) is 9.59 Å². The number of pyridine rings is 1. The number of aryl methyl sites for hydroxylation is 1. The van der Waals surface area contributed by atoms with Crippen LogP contribution in [0.2, 0.25) is 0 Å². The molecule has 1 aromatic heterocycles. The maximum absolute atomic E-state index is 12.3. The Bertz CT molecular complexity index is 835. The molecule has 3 heterocycles. The number of rotatable bonds is 3. The third-order valence-electron chi connectivity index (χ3n) is 4.30. The molecule has 7 heteroatoms. The zero-order valence-electron chi connectivity index (χ0n) is 13.7. The number of hydrogen-bond donors (Lipinski definition) is 1. The third-order valence-corrected chi connectivity index (χ3v) is 4.30. The van der Waals surface area contributed by atoms with Crippen molar-refractivity contribution in [2.24, 2.45) is 0 Å². The van der Waals surface area contributed by atoms with Crippen LogP contribution in [0.4, 0.5) is 5.69 Å². The first-order chi connectivity index (χ1) is 12.1. The molecule has 0 unspecified atom stereocenters. The van der Waals surface area contributed by atoms with Gasteiger partial charge in [0.1, 0.15) is 0 Å². The molecule has 1 aromatic carbocycles. The number of ether oxygens (including phenoxy) is 2. The standard InChI is InChI=1S/C18H17N3O4/c1-11-2-3-12(8-19-11)18(23)20-13-6-17(22)21(9-13)14-4-5-15-16(7-14)25-10-24-15/h2-5,7-8,13H,6,9-10H2,1H3,(H,20,23)/t13-/m1/s1. The van der Waals surface area contributed by atoms with Crippen molar-refractivity contribution in [1.82, 2.24) is 10.3 Å². The van der Waals surface area contributed by atoms with Crippen LogP contribution in [0.15, 0.2) is 36.5 Å². The summed E-state index contributed by atoms with van der Waals surface area (Å²) in [6.07, 6.45) is 1.80. The van der Waals surface area contributed by atoms with Gasteiger partial charge in [-0.2, -0.15) is 0 Å². The van der Waals surface area contributed by atoms with Crippen LogP contribution in [0.1, 0.15) is 22.5 Å². The molecule has 2 aromatic rings. The Balaban J connectivity index is 1.45. The second-order valence-electron chi connectivity index (χ2n) is 6.10. The van der Waals surface area contributed by atoms with Gasteiger partial charge in [0, 0.05) is 36.6 Å². The van der Waals surface area contributed by atoms with E-state index >= 15 is 0 Å². The normalized spacial score (nSPS) is 18.5. The molecule has 4 rings (SSSR count). The minimum absolute atomic E-state index is 0.0359. The van der Waals surface area contributed by atoms with E-state index in [1.807, 2.05) is 13.0 Å². The Kier molecular flexibility index (Phi) is 3.76. The molecule has 1 saturated heterocycles. The van der Waals surface area contributed by atoms with E-state index < -0.39 is 0 Å². The van der Waals surface area contributed by atoms with Gasteiger partial charge < -0.3 is 19.7 Å². The van der Waals surface area contributed by atoms with E-state index in [0.29, 0.717) is 23.6 Å². The second kappa shape index (κ2) is 6.08. The number of anilines is 1. The monoisotopic (exact) mass is 339 g/mol. The molecular formula is C18H17N3O4. The maximum Gasteiger partial charge on any atom is 0.253 e. The summed E-state index contributed by atoms with van der Waals surface area (Å²) < 4.78 is 10.6. The minimum atomic E-state index is -0.244. The number of hydrogen-bond acceptors (Lipinski definition) is 5. The summed E-state index contributed by atoms with van der Waals surface area (Å²) >= 11 is 0. The van der Waals surface area contributed by atoms with Crippen LogP contribution < -0.4 is 19.7 Å². The zero-order valence-corrected chi connectivity index (χ0v) is 13.7. The first-order valence-electron chi connectivity index (χ1n) is 8.04. The number of carbonyl (C=O) groups is 2. The van der Waals surface area contributed by atoms with E-state index in [0.717, 1.165) is 11.4 Å². The molecule has 0 aliphatic carbocycles. The van der Waals surface area contributed by atoms with Crippen LogP contribution in [0.5, 0.6) is 11.5 Å². The highest BCUT2D eigenvalue weighted by Gasteiger charge is 2.32. The van der Waals surface area contributed by atoms with Crippen molar-refractivity contribution >= 4 is 17.5 Å². The van der Waals surface area contributed by atoms with Crippen molar-refractivity contribution in [1.29, 1.82) is 0 Å². The topological polar surface area (TPSA) is 80.8 Å². The van der Waals surface area contributed by atoms with Crippen LogP contribution in [-0.2, 0) is 4.79 Å². The van der Waals surface area contributed by atoms with Gasteiger partial charge in [-0.25, -0.2) is 0 Å². The van der Waals surface area contributed by atoms with Crippen LogP contribution in [0.3, 0.4) is 0 Å². The fraction of sp³-hybridized carbons (Fsp3) is 0.278. The fourth-order valence-corrected chi connectivity index (χ4v) is 2.98. The van der Waals surface area contributed by atoms with Gasteiger partial charge in [0.2, 0.25) is 12.7 Å². The first kappa shape index (κ1) is 15.4. The maximum atomic E-state index is 12.3. The van der Waals surface area contributed by atoms with Crippen molar-refractivity contribution in [3.63, 3.8) is 0 Å². The first-order valence-corrected chi connectivity index (χ1v) is 8.04. The van der Waals surface area contributed by atoms with Crippen molar-refractivity contribution in [3.8, 4) is 11.5 Å². The molecule has 128 valence electrons. The van der Waals surface area contributed by atoms with Gasteiger partial charge in [0.15, 0.2) is 11.5 Å². The average molecular weight is 339 g/mol. The van der Waals surface area contributed by atoms with E-state index in [-0.39, 0.29) is 31.1 Å². The molecule has 2 aliphatic rings. The third kappa shape index (κ3) is 3.00. The number of nitrogens with zero attached hydrogens (tertiary/aromatic N) is 2. The van der Waals surface area contributed by atoms with Gasteiger partial charge in [-0.1, -0.05) is 0 Å². The second-order valence-corrected chi connectivity index (χ2v) is 6.10. The van der Waals surface area contributed by atoms with Gasteiger partial charge in [0.25, 0.3) is 5.91 Å². The molecular weight excluding hydrogens is 322 g/mol. The van der Waals surface area contributed by atoms with Gasteiger partial charge in [-0.15, -0.1) is 0 Å². The van der Waals surface area contributed by atoms with Crippen LogP contribution in [0, 0.1) is 6.92 Å². The Hall–Kier alpha value is -3.09. The Morgan fingerprint density at radius 3 is 2.88 bits per heavy atom. The van der Waals surface area contributed by atoms with Gasteiger partial charge in [-0.05, 0) is 31.2 Å². The van der Waals surface area contributed by atoms with E-state index in [1.54, 1.807) is 29.2 Å². The van der Waals surface area contributed by atoms with Crippen LogP contribution in [0.25, 0.3) is 0 Å². The molecule has 1 N–H and O–H groups in total. The lowest BCUT2D eigenvalue weighted by Gasteiger charge is -2.17. The molecule has 2 amide bonds. The molecule has 0 spiro atoms. The molecule has 0 bridgehead atoms. The highest BCUT2D eigenvalue weighted by Crippen LogP contribution is 2.36. The summed E-state index contributed by atoms with van der Waals surface area (Å²) in [6.45, 7) is 2.47.